The lowest BCUT2D eigenvalue weighted by Crippen LogP contribution is -2.33. The second-order valence-corrected chi connectivity index (χ2v) is 8.25. The maximum Gasteiger partial charge on any atom is 0.214 e. The van der Waals surface area contributed by atoms with Crippen molar-refractivity contribution >= 4 is 10.0 Å². The monoisotopic (exact) mass is 331 g/mol. The number of aliphatic hydroxyl groups is 1. The fourth-order valence-electron chi connectivity index (χ4n) is 2.76. The van der Waals surface area contributed by atoms with E-state index >= 15 is 0 Å². The Balaban J connectivity index is 2.99. The average Bonchev–Trinajstić information content (AvgIpc) is 2.42. The van der Waals surface area contributed by atoms with E-state index < -0.39 is 16.1 Å². The van der Waals surface area contributed by atoms with Crippen LogP contribution in [0.5, 0.6) is 0 Å². The van der Waals surface area contributed by atoms with Crippen molar-refractivity contribution in [3.63, 3.8) is 0 Å². The van der Waals surface area contributed by atoms with Crippen molar-refractivity contribution in [3.05, 3.63) is 23.8 Å². The van der Waals surface area contributed by atoms with Crippen LogP contribution < -0.4 is 0 Å². The molecule has 1 heterocycles. The van der Waals surface area contributed by atoms with E-state index in [0.29, 0.717) is 13.0 Å². The summed E-state index contributed by atoms with van der Waals surface area (Å²) in [7, 11) is -0.00114. The van der Waals surface area contributed by atoms with E-state index in [0.717, 1.165) is 18.4 Å². The Morgan fingerprint density at radius 2 is 2.05 bits per heavy atom. The topological polar surface area (TPSA) is 66.8 Å². The summed E-state index contributed by atoms with van der Waals surface area (Å²) in [5.74, 6) is 0.160. The predicted octanol–water partition coefficient (Wildman–Crippen LogP) is 1.95. The minimum absolute atomic E-state index is 0.0105. The Kier molecular flexibility index (Phi) is 7.76. The van der Waals surface area contributed by atoms with Crippen molar-refractivity contribution < 1.29 is 18.3 Å². The highest BCUT2D eigenvalue weighted by Crippen LogP contribution is 2.18. The molecule has 0 aromatic carbocycles. The first-order valence-corrected chi connectivity index (χ1v) is 9.37. The van der Waals surface area contributed by atoms with Crippen LogP contribution in [0, 0.1) is 5.92 Å². The maximum atomic E-state index is 12.2. The van der Waals surface area contributed by atoms with Crippen LogP contribution in [0.15, 0.2) is 23.8 Å². The SMILES string of the molecule is CO[C@H]1[C@H](C)/C=C(/C)CN(C)S(=O)(=O)CCCC/C=C/[C@@H]1O. The van der Waals surface area contributed by atoms with Crippen LogP contribution in [-0.4, -0.2) is 56.5 Å². The lowest BCUT2D eigenvalue weighted by Gasteiger charge is -2.25. The van der Waals surface area contributed by atoms with Crippen molar-refractivity contribution in [2.24, 2.45) is 5.92 Å². The second-order valence-electron chi connectivity index (χ2n) is 6.06. The zero-order chi connectivity index (χ0) is 16.8. The van der Waals surface area contributed by atoms with Crippen molar-refractivity contribution in [1.82, 2.24) is 4.31 Å². The first-order valence-electron chi connectivity index (χ1n) is 7.76. The summed E-state index contributed by atoms with van der Waals surface area (Å²) in [4.78, 5) is 0. The zero-order valence-electron chi connectivity index (χ0n) is 14.0. The molecule has 0 aromatic heterocycles. The van der Waals surface area contributed by atoms with E-state index in [9.17, 15) is 13.5 Å². The van der Waals surface area contributed by atoms with Gasteiger partial charge < -0.3 is 9.84 Å². The largest absolute Gasteiger partial charge is 0.386 e. The fraction of sp³-hybridized carbons (Fsp3) is 0.750. The van der Waals surface area contributed by atoms with Crippen LogP contribution in [0.25, 0.3) is 0 Å². The Morgan fingerprint density at radius 3 is 2.68 bits per heavy atom. The lowest BCUT2D eigenvalue weighted by atomic mass is 9.96. The minimum Gasteiger partial charge on any atom is -0.386 e. The van der Waals surface area contributed by atoms with E-state index in [2.05, 4.69) is 0 Å². The number of nitrogens with zero attached hydrogens (tertiary/aromatic N) is 1. The molecule has 1 aliphatic heterocycles. The van der Waals surface area contributed by atoms with Gasteiger partial charge in [0.1, 0.15) is 0 Å². The Hall–Kier alpha value is -0.690. The second kappa shape index (κ2) is 8.82. The van der Waals surface area contributed by atoms with Gasteiger partial charge in [-0.25, -0.2) is 12.7 Å². The number of hydrogen-bond donors (Lipinski definition) is 1. The Morgan fingerprint density at radius 1 is 1.36 bits per heavy atom. The summed E-state index contributed by atoms with van der Waals surface area (Å²) in [6, 6.07) is 0. The Bertz CT molecular complexity index is 498. The van der Waals surface area contributed by atoms with Gasteiger partial charge in [-0.15, -0.1) is 0 Å². The highest BCUT2D eigenvalue weighted by Gasteiger charge is 2.23. The van der Waals surface area contributed by atoms with E-state index in [-0.39, 0.29) is 17.8 Å². The van der Waals surface area contributed by atoms with Crippen LogP contribution >= 0.6 is 0 Å². The molecular formula is C16H29NO4S. The molecule has 5 nitrogen and oxygen atoms in total. The number of aliphatic hydroxyl groups excluding tert-OH is 1. The summed E-state index contributed by atoms with van der Waals surface area (Å²) >= 11 is 0. The smallest absolute Gasteiger partial charge is 0.214 e. The molecule has 0 spiro atoms. The van der Waals surface area contributed by atoms with Gasteiger partial charge in [-0.2, -0.15) is 0 Å². The quantitative estimate of drug-likeness (QED) is 0.746. The third-order valence-electron chi connectivity index (χ3n) is 3.98. The zero-order valence-corrected chi connectivity index (χ0v) is 14.8. The van der Waals surface area contributed by atoms with Gasteiger partial charge in [0.25, 0.3) is 0 Å². The summed E-state index contributed by atoms with van der Waals surface area (Å²) in [5.41, 5.74) is 0.953. The van der Waals surface area contributed by atoms with Crippen LogP contribution in [0.3, 0.4) is 0 Å². The number of ether oxygens (including phenoxy) is 1. The van der Waals surface area contributed by atoms with Crippen molar-refractivity contribution in [2.45, 2.75) is 45.3 Å². The van der Waals surface area contributed by atoms with Crippen LogP contribution in [0.4, 0.5) is 0 Å². The number of allylic oxidation sites excluding steroid dienone is 1. The van der Waals surface area contributed by atoms with Gasteiger partial charge in [0.15, 0.2) is 0 Å². The first kappa shape index (κ1) is 19.4. The van der Waals surface area contributed by atoms with Gasteiger partial charge in [-0.1, -0.05) is 30.7 Å². The summed E-state index contributed by atoms with van der Waals surface area (Å²) in [5, 5.41) is 10.2. The summed E-state index contributed by atoms with van der Waals surface area (Å²) < 4.78 is 31.2. The van der Waals surface area contributed by atoms with Gasteiger partial charge in [0, 0.05) is 26.6 Å². The number of hydrogen-bond acceptors (Lipinski definition) is 4. The number of sulfonamides is 1. The minimum atomic E-state index is -3.20. The van der Waals surface area contributed by atoms with Crippen molar-refractivity contribution in [2.75, 3.05) is 26.5 Å². The van der Waals surface area contributed by atoms with E-state index in [1.54, 1.807) is 20.2 Å². The highest BCUT2D eigenvalue weighted by molar-refractivity contribution is 7.89. The Labute approximate surface area is 134 Å². The molecule has 0 unspecified atom stereocenters. The third kappa shape index (κ3) is 5.83. The fourth-order valence-corrected chi connectivity index (χ4v) is 4.04. The molecule has 22 heavy (non-hydrogen) atoms. The maximum absolute atomic E-state index is 12.2. The lowest BCUT2D eigenvalue weighted by molar-refractivity contribution is -0.00921. The number of likely N-dealkylation sites (N-methyl/N-ethyl adjacent to an activating group) is 1. The summed E-state index contributed by atoms with van der Waals surface area (Å²) in [6.45, 7) is 4.24. The molecule has 1 aliphatic rings. The molecule has 0 radical (unpaired) electrons. The van der Waals surface area contributed by atoms with Crippen molar-refractivity contribution in [3.8, 4) is 0 Å². The molecule has 3 atom stereocenters. The normalized spacial score (nSPS) is 36.0. The molecule has 0 bridgehead atoms. The van der Waals surface area contributed by atoms with E-state index in [1.165, 1.54) is 4.31 Å². The molecule has 128 valence electrons. The molecule has 0 fully saturated rings. The molecule has 0 aliphatic carbocycles. The molecule has 0 saturated carbocycles. The molecule has 1 N–H and O–H groups in total. The van der Waals surface area contributed by atoms with E-state index in [4.69, 9.17) is 4.74 Å². The van der Waals surface area contributed by atoms with Crippen molar-refractivity contribution in [1.29, 1.82) is 0 Å². The highest BCUT2D eigenvalue weighted by atomic mass is 32.2. The standard InChI is InChI=1S/C16H29NO4S/c1-13-11-14(2)16(21-4)15(18)9-7-5-6-8-10-22(19,20)17(3)12-13/h7,9,11,14-16,18H,5-6,8,10,12H2,1-4H3/b9-7+,13-11-/t14-,15+,16+/m1/s1. The molecule has 0 aromatic rings. The van der Waals surface area contributed by atoms with Crippen LogP contribution in [-0.2, 0) is 14.8 Å². The summed E-state index contributed by atoms with van der Waals surface area (Å²) in [6.07, 6.45) is 6.81. The average molecular weight is 331 g/mol. The van der Waals surface area contributed by atoms with Gasteiger partial charge in [0.2, 0.25) is 10.0 Å². The third-order valence-corrected chi connectivity index (χ3v) is 5.86. The molecule has 0 saturated heterocycles. The molecule has 1 rings (SSSR count). The van der Waals surface area contributed by atoms with Gasteiger partial charge in [0.05, 0.1) is 18.0 Å². The van der Waals surface area contributed by atoms with Gasteiger partial charge >= 0.3 is 0 Å². The van der Waals surface area contributed by atoms with Gasteiger partial charge in [-0.3, -0.25) is 0 Å². The molecule has 0 amide bonds. The number of methoxy groups -OCH3 is 1. The van der Waals surface area contributed by atoms with Gasteiger partial charge in [-0.05, 0) is 26.2 Å². The van der Waals surface area contributed by atoms with E-state index in [1.807, 2.05) is 26.0 Å². The first-order chi connectivity index (χ1) is 10.3. The van der Waals surface area contributed by atoms with Crippen LogP contribution in [0.2, 0.25) is 0 Å². The molecule has 6 heteroatoms. The van der Waals surface area contributed by atoms with Crippen LogP contribution in [0.1, 0.15) is 33.1 Å². The predicted molar refractivity (Wildman–Crippen MR) is 89.1 cm³/mol. The molecular weight excluding hydrogens is 302 g/mol. The number of rotatable bonds is 1.